The van der Waals surface area contributed by atoms with Crippen LogP contribution in [-0.2, 0) is 17.1 Å². The number of nitrogens with one attached hydrogen (secondary N) is 1. The summed E-state index contributed by atoms with van der Waals surface area (Å²) in [4.78, 5) is 14.8. The molecule has 1 aliphatic heterocycles. The Morgan fingerprint density at radius 2 is 2.12 bits per heavy atom. The Kier molecular flexibility index (Phi) is 6.02. The van der Waals surface area contributed by atoms with Crippen molar-refractivity contribution in [2.24, 2.45) is 7.05 Å². The number of imidazole rings is 1. The van der Waals surface area contributed by atoms with Crippen LogP contribution in [-0.4, -0.2) is 46.8 Å². The molecule has 0 aliphatic carbocycles. The van der Waals surface area contributed by atoms with E-state index in [0.717, 1.165) is 0 Å². The molecule has 1 unspecified atom stereocenters. The van der Waals surface area contributed by atoms with Crippen LogP contribution in [0.1, 0.15) is 17.4 Å². The Bertz CT molecular complexity index is 915. The van der Waals surface area contributed by atoms with Crippen LogP contribution < -0.4 is 5.32 Å². The van der Waals surface area contributed by atoms with Crippen molar-refractivity contribution in [2.45, 2.75) is 17.9 Å². The molecular weight excluding hydrogens is 382 g/mol. The molecule has 1 aliphatic rings. The van der Waals surface area contributed by atoms with Gasteiger partial charge in [0.25, 0.3) is 5.69 Å². The molecule has 9 nitrogen and oxygen atoms in total. The minimum atomic E-state index is -3.91. The van der Waals surface area contributed by atoms with Crippen molar-refractivity contribution < 1.29 is 13.3 Å². The highest BCUT2D eigenvalue weighted by Crippen LogP contribution is 2.32. The normalized spacial score (nSPS) is 18.3. The second-order valence-electron chi connectivity index (χ2n) is 5.89. The topological polar surface area (TPSA) is 110 Å². The number of hydrogen-bond donors (Lipinski definition) is 1. The van der Waals surface area contributed by atoms with Gasteiger partial charge in [0.2, 0.25) is 10.0 Å². The summed E-state index contributed by atoms with van der Waals surface area (Å²) >= 11 is 0. The molecule has 11 heteroatoms. The number of hydrogen-bond acceptors (Lipinski definition) is 6. The van der Waals surface area contributed by atoms with Crippen LogP contribution in [0.15, 0.2) is 35.5 Å². The maximum Gasteiger partial charge on any atom is 0.273 e. The fraction of sp³-hybridized carbons (Fsp3) is 0.400. The van der Waals surface area contributed by atoms with Gasteiger partial charge in [-0.2, -0.15) is 4.31 Å². The van der Waals surface area contributed by atoms with Gasteiger partial charge in [-0.25, -0.2) is 13.4 Å². The molecule has 2 heterocycles. The first kappa shape index (κ1) is 20.3. The van der Waals surface area contributed by atoms with Gasteiger partial charge >= 0.3 is 0 Å². The average molecular weight is 402 g/mol. The highest BCUT2D eigenvalue weighted by molar-refractivity contribution is 7.89. The molecule has 0 bridgehead atoms. The highest BCUT2D eigenvalue weighted by atomic mass is 35.5. The van der Waals surface area contributed by atoms with Crippen LogP contribution >= 0.6 is 12.4 Å². The summed E-state index contributed by atoms with van der Waals surface area (Å²) in [5.74, 6) is 0.624. The summed E-state index contributed by atoms with van der Waals surface area (Å²) in [7, 11) is -2.10. The van der Waals surface area contributed by atoms with E-state index in [1.807, 2.05) is 0 Å². The van der Waals surface area contributed by atoms with Crippen LogP contribution in [0.3, 0.4) is 0 Å². The first-order valence-corrected chi connectivity index (χ1v) is 9.22. The summed E-state index contributed by atoms with van der Waals surface area (Å²) in [6, 6.07) is 3.64. The van der Waals surface area contributed by atoms with Gasteiger partial charge < -0.3 is 9.88 Å². The Hall–Kier alpha value is -2.01. The van der Waals surface area contributed by atoms with Crippen LogP contribution in [0.2, 0.25) is 0 Å². The molecule has 1 atom stereocenters. The maximum absolute atomic E-state index is 13.2. The van der Waals surface area contributed by atoms with E-state index in [-0.39, 0.29) is 35.1 Å². The number of nitrogens with zero attached hydrogens (tertiary/aromatic N) is 4. The zero-order chi connectivity index (χ0) is 18.2. The molecule has 1 fully saturated rings. The lowest BCUT2D eigenvalue weighted by molar-refractivity contribution is -0.385. The van der Waals surface area contributed by atoms with Crippen LogP contribution in [0.5, 0.6) is 0 Å². The van der Waals surface area contributed by atoms with Gasteiger partial charge in [0.05, 0.1) is 15.9 Å². The number of halogens is 1. The van der Waals surface area contributed by atoms with E-state index in [9.17, 15) is 18.5 Å². The predicted octanol–water partition coefficient (Wildman–Crippen LogP) is 1.39. The molecule has 1 aromatic carbocycles. The summed E-state index contributed by atoms with van der Waals surface area (Å²) < 4.78 is 29.6. The van der Waals surface area contributed by atoms with E-state index in [1.165, 1.54) is 29.4 Å². The zero-order valence-electron chi connectivity index (χ0n) is 14.3. The third-order valence-electron chi connectivity index (χ3n) is 4.39. The van der Waals surface area contributed by atoms with Crippen molar-refractivity contribution >= 4 is 28.1 Å². The number of nitro groups is 1. The van der Waals surface area contributed by atoms with Gasteiger partial charge in [-0.3, -0.25) is 10.1 Å². The minimum Gasteiger partial charge on any atom is -0.337 e. The van der Waals surface area contributed by atoms with Crippen molar-refractivity contribution in [1.29, 1.82) is 0 Å². The Labute approximate surface area is 157 Å². The SMILES string of the molecule is Cc1c([N+](=O)[O-])cccc1S(=O)(=O)N1CCNCC1c1nccn1C.Cl. The van der Waals surface area contributed by atoms with Gasteiger partial charge in [-0.15, -0.1) is 12.4 Å². The largest absolute Gasteiger partial charge is 0.337 e. The molecule has 3 rings (SSSR count). The number of nitro benzene ring substituents is 1. The number of rotatable bonds is 4. The molecule has 0 saturated carbocycles. The van der Waals surface area contributed by atoms with Crippen molar-refractivity contribution in [3.8, 4) is 0 Å². The summed E-state index contributed by atoms with van der Waals surface area (Å²) in [5, 5.41) is 14.3. The molecule has 2 aromatic rings. The molecular formula is C15H20ClN5O4S. The molecule has 1 saturated heterocycles. The van der Waals surface area contributed by atoms with Crippen molar-refractivity contribution in [2.75, 3.05) is 19.6 Å². The van der Waals surface area contributed by atoms with E-state index in [4.69, 9.17) is 0 Å². The van der Waals surface area contributed by atoms with E-state index in [1.54, 1.807) is 24.0 Å². The van der Waals surface area contributed by atoms with Gasteiger partial charge in [0.15, 0.2) is 0 Å². The number of piperazine rings is 1. The molecule has 0 amide bonds. The zero-order valence-corrected chi connectivity index (χ0v) is 16.0. The monoisotopic (exact) mass is 401 g/mol. The van der Waals surface area contributed by atoms with Crippen LogP contribution in [0, 0.1) is 17.0 Å². The van der Waals surface area contributed by atoms with Gasteiger partial charge in [0.1, 0.15) is 5.82 Å². The van der Waals surface area contributed by atoms with E-state index in [2.05, 4.69) is 10.3 Å². The summed E-state index contributed by atoms with van der Waals surface area (Å²) in [6.45, 7) is 2.66. The molecule has 1 aromatic heterocycles. The van der Waals surface area contributed by atoms with E-state index < -0.39 is 21.0 Å². The number of sulfonamides is 1. The predicted molar refractivity (Wildman–Crippen MR) is 97.8 cm³/mol. The third kappa shape index (κ3) is 3.45. The van der Waals surface area contributed by atoms with Crippen molar-refractivity contribution in [3.63, 3.8) is 0 Å². The van der Waals surface area contributed by atoms with Crippen LogP contribution in [0.4, 0.5) is 5.69 Å². The van der Waals surface area contributed by atoms with Gasteiger partial charge in [-0.1, -0.05) is 6.07 Å². The molecule has 1 N–H and O–H groups in total. The van der Waals surface area contributed by atoms with Gasteiger partial charge in [-0.05, 0) is 13.0 Å². The van der Waals surface area contributed by atoms with Gasteiger partial charge in [0, 0.05) is 50.7 Å². The van der Waals surface area contributed by atoms with E-state index >= 15 is 0 Å². The fourth-order valence-electron chi connectivity index (χ4n) is 3.10. The Morgan fingerprint density at radius 1 is 1.38 bits per heavy atom. The Morgan fingerprint density at radius 3 is 2.73 bits per heavy atom. The fourth-order valence-corrected chi connectivity index (χ4v) is 4.93. The molecule has 142 valence electrons. The lowest BCUT2D eigenvalue weighted by atomic mass is 10.2. The highest BCUT2D eigenvalue weighted by Gasteiger charge is 2.38. The lowest BCUT2D eigenvalue weighted by Crippen LogP contribution is -2.49. The Balaban J connectivity index is 0.00000243. The summed E-state index contributed by atoms with van der Waals surface area (Å²) in [5.41, 5.74) is -0.0608. The first-order chi connectivity index (χ1) is 11.8. The minimum absolute atomic E-state index is 0. The molecule has 0 radical (unpaired) electrons. The molecule has 26 heavy (non-hydrogen) atoms. The number of aryl methyl sites for hydroxylation is 1. The number of benzene rings is 1. The maximum atomic E-state index is 13.2. The molecule has 0 spiro atoms. The second kappa shape index (κ2) is 7.70. The van der Waals surface area contributed by atoms with Crippen molar-refractivity contribution in [3.05, 3.63) is 52.1 Å². The van der Waals surface area contributed by atoms with Crippen molar-refractivity contribution in [1.82, 2.24) is 19.2 Å². The lowest BCUT2D eigenvalue weighted by Gasteiger charge is -2.34. The standard InChI is InChI=1S/C15H19N5O4S.ClH/c1-11-12(20(21)22)4-3-5-14(11)25(23,24)19-9-6-16-10-13(19)15-17-7-8-18(15)2;/h3-5,7-8,13,16H,6,9-10H2,1-2H3;1H. The smallest absolute Gasteiger partial charge is 0.273 e. The second-order valence-corrected chi connectivity index (χ2v) is 7.75. The van der Waals surface area contributed by atoms with E-state index in [0.29, 0.717) is 18.9 Å². The third-order valence-corrected chi connectivity index (χ3v) is 6.44. The quantitative estimate of drug-likeness (QED) is 0.612. The van der Waals surface area contributed by atoms with Crippen LogP contribution in [0.25, 0.3) is 0 Å². The first-order valence-electron chi connectivity index (χ1n) is 7.78. The average Bonchev–Trinajstić information content (AvgIpc) is 3.00. The number of aromatic nitrogens is 2. The summed E-state index contributed by atoms with van der Waals surface area (Å²) in [6.07, 6.45) is 3.38.